The van der Waals surface area contributed by atoms with E-state index in [4.69, 9.17) is 0 Å². The van der Waals surface area contributed by atoms with E-state index in [1.165, 1.54) is 48.5 Å². The number of rotatable bonds is 8. The molecular weight excluding hydrogens is 473 g/mol. The van der Waals surface area contributed by atoms with Gasteiger partial charge < -0.3 is 5.32 Å². The van der Waals surface area contributed by atoms with E-state index in [-0.39, 0.29) is 16.5 Å². The molecule has 4 aromatic rings. The second-order valence-electron chi connectivity index (χ2n) is 7.56. The summed E-state index contributed by atoms with van der Waals surface area (Å²) in [7, 11) is -3.98. The van der Waals surface area contributed by atoms with Crippen molar-refractivity contribution in [1.29, 1.82) is 0 Å². The zero-order valence-corrected chi connectivity index (χ0v) is 19.9. The fraction of sp³-hybridized carbons (Fsp3) is 0.120. The fourth-order valence-electron chi connectivity index (χ4n) is 3.29. The molecular formula is C25H22FN3O3S2. The molecule has 0 saturated carbocycles. The lowest BCUT2D eigenvalue weighted by Crippen LogP contribution is -2.25. The molecule has 174 valence electrons. The minimum Gasteiger partial charge on any atom is -0.352 e. The molecule has 6 nitrogen and oxygen atoms in total. The van der Waals surface area contributed by atoms with E-state index in [2.05, 4.69) is 15.0 Å². The van der Waals surface area contributed by atoms with Crippen LogP contribution in [-0.2, 0) is 16.4 Å². The second kappa shape index (κ2) is 10.1. The molecule has 0 atom stereocenters. The summed E-state index contributed by atoms with van der Waals surface area (Å²) in [4.78, 5) is 16.9. The SMILES string of the molecule is Cc1nc(-c2ccc(CCNC(=O)c3ccc(S(=O)(=O)Nc4ccccc4F)cc3)cc2)cs1. The number of benzene rings is 3. The van der Waals surface area contributed by atoms with Gasteiger partial charge in [-0.15, -0.1) is 11.3 Å². The van der Waals surface area contributed by atoms with Gasteiger partial charge in [-0.25, -0.2) is 17.8 Å². The van der Waals surface area contributed by atoms with Crippen LogP contribution >= 0.6 is 11.3 Å². The van der Waals surface area contributed by atoms with Gasteiger partial charge in [0.05, 0.1) is 21.3 Å². The first-order chi connectivity index (χ1) is 16.3. The van der Waals surface area contributed by atoms with Crippen LogP contribution in [0.25, 0.3) is 11.3 Å². The smallest absolute Gasteiger partial charge is 0.261 e. The standard InChI is InChI=1S/C25H22FN3O3S2/c1-17-28-24(16-33-17)19-8-6-18(7-9-19)14-15-27-25(30)20-10-12-21(13-11-20)34(31,32)29-23-5-3-2-4-22(23)26/h2-13,16,29H,14-15H2,1H3,(H,27,30). The largest absolute Gasteiger partial charge is 0.352 e. The molecule has 0 aliphatic heterocycles. The maximum atomic E-state index is 13.8. The average Bonchev–Trinajstić information content (AvgIpc) is 3.27. The molecule has 2 N–H and O–H groups in total. The summed E-state index contributed by atoms with van der Waals surface area (Å²) in [5.74, 6) is -0.976. The molecule has 0 aliphatic rings. The van der Waals surface area contributed by atoms with Gasteiger partial charge in [-0.05, 0) is 55.3 Å². The summed E-state index contributed by atoms with van der Waals surface area (Å²) in [5, 5.41) is 5.89. The van der Waals surface area contributed by atoms with Gasteiger partial charge in [0.25, 0.3) is 15.9 Å². The van der Waals surface area contributed by atoms with Crippen molar-refractivity contribution in [3.05, 3.63) is 100 Å². The van der Waals surface area contributed by atoms with Crippen molar-refractivity contribution in [3.8, 4) is 11.3 Å². The first-order valence-electron chi connectivity index (χ1n) is 10.5. The summed E-state index contributed by atoms with van der Waals surface area (Å²) in [6.07, 6.45) is 0.654. The van der Waals surface area contributed by atoms with Gasteiger partial charge in [0.1, 0.15) is 5.82 Å². The number of thiazole rings is 1. The van der Waals surface area contributed by atoms with E-state index in [0.717, 1.165) is 21.8 Å². The highest BCUT2D eigenvalue weighted by atomic mass is 32.2. The number of hydrogen-bond donors (Lipinski definition) is 2. The third kappa shape index (κ3) is 5.67. The van der Waals surface area contributed by atoms with Crippen LogP contribution in [0.2, 0.25) is 0 Å². The third-order valence-corrected chi connectivity index (χ3v) is 7.27. The second-order valence-corrected chi connectivity index (χ2v) is 10.3. The van der Waals surface area contributed by atoms with Crippen LogP contribution in [0, 0.1) is 12.7 Å². The molecule has 0 unspecified atom stereocenters. The Morgan fingerprint density at radius 1 is 1.00 bits per heavy atom. The number of aryl methyl sites for hydroxylation is 1. The van der Waals surface area contributed by atoms with Crippen LogP contribution in [0.5, 0.6) is 0 Å². The molecule has 4 rings (SSSR count). The number of carbonyl (C=O) groups is 1. The van der Waals surface area contributed by atoms with Crippen molar-refractivity contribution in [2.75, 3.05) is 11.3 Å². The average molecular weight is 496 g/mol. The Labute approximate surface area is 201 Å². The van der Waals surface area contributed by atoms with Crippen LogP contribution in [-0.4, -0.2) is 25.9 Å². The van der Waals surface area contributed by atoms with Gasteiger partial charge in [-0.1, -0.05) is 36.4 Å². The minimum absolute atomic E-state index is 0.0669. The van der Waals surface area contributed by atoms with E-state index < -0.39 is 15.8 Å². The lowest BCUT2D eigenvalue weighted by atomic mass is 10.1. The molecule has 1 aromatic heterocycles. The van der Waals surface area contributed by atoms with E-state index in [0.29, 0.717) is 18.5 Å². The van der Waals surface area contributed by atoms with E-state index in [9.17, 15) is 17.6 Å². The summed E-state index contributed by atoms with van der Waals surface area (Å²) in [6, 6.07) is 19.0. The molecule has 34 heavy (non-hydrogen) atoms. The predicted molar refractivity (Wildman–Crippen MR) is 132 cm³/mol. The molecule has 0 radical (unpaired) electrons. The molecule has 0 saturated heterocycles. The van der Waals surface area contributed by atoms with Gasteiger partial charge >= 0.3 is 0 Å². The normalized spacial score (nSPS) is 11.2. The van der Waals surface area contributed by atoms with Crippen molar-refractivity contribution in [2.45, 2.75) is 18.2 Å². The lowest BCUT2D eigenvalue weighted by molar-refractivity contribution is 0.0954. The van der Waals surface area contributed by atoms with Crippen molar-refractivity contribution >= 4 is 33.0 Å². The highest BCUT2D eigenvalue weighted by molar-refractivity contribution is 7.92. The van der Waals surface area contributed by atoms with Crippen LogP contribution in [0.3, 0.4) is 0 Å². The van der Waals surface area contributed by atoms with Crippen molar-refractivity contribution in [3.63, 3.8) is 0 Å². The van der Waals surface area contributed by atoms with Crippen LogP contribution in [0.1, 0.15) is 20.9 Å². The number of aromatic nitrogens is 1. The summed E-state index contributed by atoms with van der Waals surface area (Å²) in [6.45, 7) is 2.41. The number of carbonyl (C=O) groups excluding carboxylic acids is 1. The lowest BCUT2D eigenvalue weighted by Gasteiger charge is -2.10. The Morgan fingerprint density at radius 3 is 2.35 bits per heavy atom. The maximum Gasteiger partial charge on any atom is 0.261 e. The molecule has 3 aromatic carbocycles. The monoisotopic (exact) mass is 495 g/mol. The predicted octanol–water partition coefficient (Wildman–Crippen LogP) is 5.03. The first kappa shape index (κ1) is 23.6. The minimum atomic E-state index is -3.98. The zero-order valence-electron chi connectivity index (χ0n) is 18.3. The number of hydrogen-bond acceptors (Lipinski definition) is 5. The quantitative estimate of drug-likeness (QED) is 0.359. The number of nitrogens with one attached hydrogen (secondary N) is 2. The van der Waals surface area contributed by atoms with E-state index >= 15 is 0 Å². The number of nitrogens with zero attached hydrogens (tertiary/aromatic N) is 1. The molecule has 0 bridgehead atoms. The Morgan fingerprint density at radius 2 is 1.71 bits per heavy atom. The third-order valence-electron chi connectivity index (χ3n) is 5.11. The van der Waals surface area contributed by atoms with E-state index in [1.54, 1.807) is 11.3 Å². The highest BCUT2D eigenvalue weighted by Gasteiger charge is 2.17. The van der Waals surface area contributed by atoms with Gasteiger partial charge in [-0.2, -0.15) is 0 Å². The number of anilines is 1. The molecule has 0 spiro atoms. The van der Waals surface area contributed by atoms with E-state index in [1.807, 2.05) is 36.6 Å². The number of amides is 1. The number of halogens is 1. The topological polar surface area (TPSA) is 88.2 Å². The van der Waals surface area contributed by atoms with Gasteiger partial charge in [0.15, 0.2) is 0 Å². The van der Waals surface area contributed by atoms with Crippen molar-refractivity contribution < 1.29 is 17.6 Å². The highest BCUT2D eigenvalue weighted by Crippen LogP contribution is 2.22. The Hall–Kier alpha value is -3.56. The summed E-state index contributed by atoms with van der Waals surface area (Å²) >= 11 is 1.61. The fourth-order valence-corrected chi connectivity index (χ4v) is 4.98. The van der Waals surface area contributed by atoms with Gasteiger partial charge in [-0.3, -0.25) is 9.52 Å². The Bertz CT molecular complexity index is 1400. The van der Waals surface area contributed by atoms with Gasteiger partial charge in [0, 0.05) is 23.1 Å². The summed E-state index contributed by atoms with van der Waals surface area (Å²) < 4.78 is 41.0. The number of sulfonamides is 1. The van der Waals surface area contributed by atoms with Crippen molar-refractivity contribution in [2.24, 2.45) is 0 Å². The molecule has 1 amide bonds. The molecule has 0 fully saturated rings. The van der Waals surface area contributed by atoms with Crippen molar-refractivity contribution in [1.82, 2.24) is 10.3 Å². The first-order valence-corrected chi connectivity index (χ1v) is 12.9. The number of para-hydroxylation sites is 1. The van der Waals surface area contributed by atoms with Gasteiger partial charge in [0.2, 0.25) is 0 Å². The van der Waals surface area contributed by atoms with Crippen LogP contribution < -0.4 is 10.0 Å². The molecule has 9 heteroatoms. The van der Waals surface area contributed by atoms with Crippen LogP contribution in [0.4, 0.5) is 10.1 Å². The Kier molecular flexibility index (Phi) is 7.04. The Balaban J connectivity index is 1.32. The maximum absolute atomic E-state index is 13.8. The van der Waals surface area contributed by atoms with Crippen LogP contribution in [0.15, 0.2) is 83.1 Å². The molecule has 1 heterocycles. The summed E-state index contributed by atoms with van der Waals surface area (Å²) in [5.41, 5.74) is 3.28. The zero-order chi connectivity index (χ0) is 24.1. The molecule has 0 aliphatic carbocycles.